The van der Waals surface area contributed by atoms with E-state index in [2.05, 4.69) is 10.3 Å². The number of aromatic hydroxyl groups is 1. The number of unbranched alkanes of at least 4 members (excludes halogenated alkanes) is 1. The maximum Gasteiger partial charge on any atom is 0.326 e. The zero-order valence-corrected chi connectivity index (χ0v) is 15.3. The van der Waals surface area contributed by atoms with Crippen LogP contribution in [-0.2, 0) is 16.1 Å². The number of nitrogen functional groups attached to an aromatic ring is 1. The number of hydrogen-bond donors (Lipinski definition) is 3. The second-order valence-electron chi connectivity index (χ2n) is 6.69. The summed E-state index contributed by atoms with van der Waals surface area (Å²) in [5.41, 5.74) is 6.62. The lowest BCUT2D eigenvalue weighted by atomic mass is 10.1. The molecular formula is C19H24N4O4. The van der Waals surface area contributed by atoms with Crippen molar-refractivity contribution in [2.24, 2.45) is 0 Å². The number of aromatic nitrogens is 2. The number of esters is 1. The topological polar surface area (TPSA) is 119 Å². The van der Waals surface area contributed by atoms with Gasteiger partial charge in [0, 0.05) is 23.4 Å². The lowest BCUT2D eigenvalue weighted by Crippen LogP contribution is -2.30. The molecule has 0 radical (unpaired) electrons. The molecule has 1 saturated carbocycles. The van der Waals surface area contributed by atoms with Crippen LogP contribution in [0.1, 0.15) is 32.6 Å². The Kier molecular flexibility index (Phi) is 5.63. The zero-order chi connectivity index (χ0) is 19.4. The molecule has 3 rings (SSSR count). The highest BCUT2D eigenvalue weighted by Gasteiger charge is 2.24. The summed E-state index contributed by atoms with van der Waals surface area (Å²) in [6, 6.07) is 4.74. The minimum atomic E-state index is -0.497. The summed E-state index contributed by atoms with van der Waals surface area (Å²) in [5.74, 6) is -0.325. The number of anilines is 2. The maximum absolute atomic E-state index is 12.9. The third-order valence-corrected chi connectivity index (χ3v) is 4.26. The molecule has 0 amide bonds. The number of benzene rings is 1. The average Bonchev–Trinajstić information content (AvgIpc) is 3.42. The fraction of sp³-hybridized carbons (Fsp3) is 0.421. The number of phenolic OH excluding ortho intramolecular Hbond substituents is 1. The first kappa shape index (κ1) is 18.8. The molecule has 1 aliphatic rings. The summed E-state index contributed by atoms with van der Waals surface area (Å²) in [6.45, 7) is 2.08. The molecule has 0 aliphatic heterocycles. The maximum atomic E-state index is 12.9. The molecule has 4 N–H and O–H groups in total. The van der Waals surface area contributed by atoms with E-state index in [1.54, 1.807) is 6.07 Å². The summed E-state index contributed by atoms with van der Waals surface area (Å²) >= 11 is 0. The number of ether oxygens (including phenoxy) is 1. The Balaban J connectivity index is 1.97. The second kappa shape index (κ2) is 8.11. The van der Waals surface area contributed by atoms with Gasteiger partial charge in [-0.15, -0.1) is 0 Å². The number of nitrogens with two attached hydrogens (primary N) is 1. The fourth-order valence-corrected chi connectivity index (χ4v) is 2.68. The fourth-order valence-electron chi connectivity index (χ4n) is 2.68. The van der Waals surface area contributed by atoms with Crippen LogP contribution in [0.25, 0.3) is 11.3 Å². The quantitative estimate of drug-likeness (QED) is 0.369. The van der Waals surface area contributed by atoms with Gasteiger partial charge >= 0.3 is 5.97 Å². The zero-order valence-electron chi connectivity index (χ0n) is 15.3. The second-order valence-corrected chi connectivity index (χ2v) is 6.69. The molecule has 0 spiro atoms. The SMILES string of the molecule is CCCCOC(=O)Cn1c(-c2cc(N)cc(O)c2)cnc(NC2CC2)c1=O. The van der Waals surface area contributed by atoms with Crippen LogP contribution in [0, 0.1) is 0 Å². The monoisotopic (exact) mass is 372 g/mol. The predicted octanol–water partition coefficient (Wildman–Crippen LogP) is 2.12. The van der Waals surface area contributed by atoms with E-state index in [0.29, 0.717) is 23.6 Å². The third-order valence-electron chi connectivity index (χ3n) is 4.26. The van der Waals surface area contributed by atoms with Crippen molar-refractivity contribution in [2.75, 3.05) is 17.7 Å². The number of phenols is 1. The molecule has 1 aliphatic carbocycles. The van der Waals surface area contributed by atoms with Gasteiger partial charge < -0.3 is 20.9 Å². The van der Waals surface area contributed by atoms with Gasteiger partial charge in [0.25, 0.3) is 5.56 Å². The summed E-state index contributed by atoms with van der Waals surface area (Å²) in [7, 11) is 0. The van der Waals surface area contributed by atoms with Crippen molar-refractivity contribution in [3.63, 3.8) is 0 Å². The van der Waals surface area contributed by atoms with Gasteiger partial charge in [-0.3, -0.25) is 14.2 Å². The van der Waals surface area contributed by atoms with Crippen molar-refractivity contribution in [2.45, 2.75) is 45.2 Å². The Labute approximate surface area is 157 Å². The number of rotatable bonds is 8. The minimum absolute atomic E-state index is 0.0327. The largest absolute Gasteiger partial charge is 0.508 e. The van der Waals surface area contributed by atoms with Crippen LogP contribution in [0.4, 0.5) is 11.5 Å². The van der Waals surface area contributed by atoms with Crippen molar-refractivity contribution in [1.82, 2.24) is 9.55 Å². The molecule has 1 fully saturated rings. The van der Waals surface area contributed by atoms with Crippen LogP contribution in [0.5, 0.6) is 5.75 Å². The van der Waals surface area contributed by atoms with Crippen LogP contribution in [-0.4, -0.2) is 33.3 Å². The van der Waals surface area contributed by atoms with Crippen LogP contribution < -0.4 is 16.6 Å². The van der Waals surface area contributed by atoms with Crippen molar-refractivity contribution in [3.05, 3.63) is 34.7 Å². The van der Waals surface area contributed by atoms with Gasteiger partial charge in [0.2, 0.25) is 0 Å². The Morgan fingerprint density at radius 3 is 2.85 bits per heavy atom. The highest BCUT2D eigenvalue weighted by molar-refractivity contribution is 5.72. The van der Waals surface area contributed by atoms with Crippen LogP contribution in [0.2, 0.25) is 0 Å². The van der Waals surface area contributed by atoms with Gasteiger partial charge in [-0.25, -0.2) is 4.98 Å². The molecule has 1 heterocycles. The molecule has 2 aromatic rings. The van der Waals surface area contributed by atoms with Gasteiger partial charge in [-0.1, -0.05) is 13.3 Å². The highest BCUT2D eigenvalue weighted by Crippen LogP contribution is 2.27. The third kappa shape index (κ3) is 4.78. The summed E-state index contributed by atoms with van der Waals surface area (Å²) < 4.78 is 6.51. The lowest BCUT2D eigenvalue weighted by molar-refractivity contribution is -0.144. The van der Waals surface area contributed by atoms with Gasteiger partial charge in [-0.2, -0.15) is 0 Å². The molecule has 1 aromatic carbocycles. The van der Waals surface area contributed by atoms with Gasteiger partial charge in [-0.05, 0) is 31.4 Å². The van der Waals surface area contributed by atoms with E-state index in [-0.39, 0.29) is 24.2 Å². The summed E-state index contributed by atoms with van der Waals surface area (Å²) in [6.07, 6.45) is 5.16. The average molecular weight is 372 g/mol. The number of hydrogen-bond acceptors (Lipinski definition) is 7. The normalized spacial score (nSPS) is 13.4. The minimum Gasteiger partial charge on any atom is -0.508 e. The lowest BCUT2D eigenvalue weighted by Gasteiger charge is -2.15. The first-order valence-electron chi connectivity index (χ1n) is 9.10. The van der Waals surface area contributed by atoms with Gasteiger partial charge in [0.05, 0.1) is 18.5 Å². The van der Waals surface area contributed by atoms with E-state index in [1.165, 1.54) is 22.9 Å². The van der Waals surface area contributed by atoms with Crippen molar-refractivity contribution in [1.29, 1.82) is 0 Å². The number of nitrogens with zero attached hydrogens (tertiary/aromatic N) is 2. The Morgan fingerprint density at radius 1 is 1.41 bits per heavy atom. The van der Waals surface area contributed by atoms with E-state index >= 15 is 0 Å². The van der Waals surface area contributed by atoms with E-state index in [1.807, 2.05) is 6.92 Å². The number of carbonyl (C=O) groups is 1. The van der Waals surface area contributed by atoms with Gasteiger partial charge in [0.15, 0.2) is 5.82 Å². The van der Waals surface area contributed by atoms with E-state index < -0.39 is 11.5 Å². The predicted molar refractivity (Wildman–Crippen MR) is 103 cm³/mol. The van der Waals surface area contributed by atoms with E-state index in [0.717, 1.165) is 25.7 Å². The molecule has 0 atom stereocenters. The standard InChI is InChI=1S/C19H24N4O4/c1-2-3-6-27-17(25)11-23-16(12-7-13(20)9-15(24)8-12)10-21-18(19(23)26)22-14-4-5-14/h7-10,14,24H,2-6,11,20H2,1H3,(H,21,22). The molecule has 0 saturated heterocycles. The van der Waals surface area contributed by atoms with Crippen LogP contribution in [0.15, 0.2) is 29.2 Å². The molecule has 0 unspecified atom stereocenters. The Bertz CT molecular complexity index is 870. The van der Waals surface area contributed by atoms with E-state index in [9.17, 15) is 14.7 Å². The Morgan fingerprint density at radius 2 is 2.19 bits per heavy atom. The van der Waals surface area contributed by atoms with Crippen molar-refractivity contribution < 1.29 is 14.6 Å². The Hall–Kier alpha value is -3.03. The van der Waals surface area contributed by atoms with Crippen LogP contribution >= 0.6 is 0 Å². The molecule has 8 nitrogen and oxygen atoms in total. The van der Waals surface area contributed by atoms with Crippen LogP contribution in [0.3, 0.4) is 0 Å². The number of carbonyl (C=O) groups excluding carboxylic acids is 1. The van der Waals surface area contributed by atoms with Gasteiger partial charge in [0.1, 0.15) is 12.3 Å². The molecule has 8 heteroatoms. The van der Waals surface area contributed by atoms with E-state index in [4.69, 9.17) is 10.5 Å². The molecular weight excluding hydrogens is 348 g/mol. The highest BCUT2D eigenvalue weighted by atomic mass is 16.5. The first-order valence-corrected chi connectivity index (χ1v) is 9.10. The summed E-state index contributed by atoms with van der Waals surface area (Å²) in [4.78, 5) is 29.3. The first-order chi connectivity index (χ1) is 13.0. The summed E-state index contributed by atoms with van der Waals surface area (Å²) in [5, 5.41) is 12.9. The number of nitrogens with one attached hydrogen (secondary N) is 1. The smallest absolute Gasteiger partial charge is 0.326 e. The molecule has 1 aromatic heterocycles. The van der Waals surface area contributed by atoms with Crippen molar-refractivity contribution >= 4 is 17.5 Å². The molecule has 144 valence electrons. The van der Waals surface area contributed by atoms with Crippen molar-refractivity contribution in [3.8, 4) is 17.0 Å². The molecule has 0 bridgehead atoms. The molecule has 27 heavy (non-hydrogen) atoms.